The Hall–Kier alpha value is -2.17. The van der Waals surface area contributed by atoms with Crippen molar-refractivity contribution in [2.75, 3.05) is 6.54 Å². The van der Waals surface area contributed by atoms with E-state index in [0.717, 1.165) is 17.5 Å². The highest BCUT2D eigenvalue weighted by molar-refractivity contribution is 5.75. The molecular formula is C15H19N3O2. The largest absolute Gasteiger partial charge is 0.421 e. The van der Waals surface area contributed by atoms with Crippen LogP contribution in [0, 0.1) is 6.92 Å². The lowest BCUT2D eigenvalue weighted by Crippen LogP contribution is -2.25. The highest BCUT2D eigenvalue weighted by Crippen LogP contribution is 2.18. The van der Waals surface area contributed by atoms with E-state index in [9.17, 15) is 4.79 Å². The van der Waals surface area contributed by atoms with Crippen LogP contribution in [0.5, 0.6) is 0 Å². The number of rotatable bonds is 6. The van der Waals surface area contributed by atoms with Crippen LogP contribution in [0.1, 0.15) is 31.2 Å². The van der Waals surface area contributed by atoms with E-state index in [2.05, 4.69) is 15.5 Å². The van der Waals surface area contributed by atoms with Gasteiger partial charge in [-0.2, -0.15) is 0 Å². The third kappa shape index (κ3) is 3.91. The normalized spacial score (nSPS) is 10.5. The van der Waals surface area contributed by atoms with E-state index in [-0.39, 0.29) is 5.91 Å². The van der Waals surface area contributed by atoms with E-state index >= 15 is 0 Å². The zero-order chi connectivity index (χ0) is 14.4. The van der Waals surface area contributed by atoms with Crippen LogP contribution >= 0.6 is 0 Å². The molecule has 0 aliphatic heterocycles. The minimum Gasteiger partial charge on any atom is -0.421 e. The van der Waals surface area contributed by atoms with Gasteiger partial charge in [0.15, 0.2) is 0 Å². The van der Waals surface area contributed by atoms with E-state index < -0.39 is 0 Å². The SMILES string of the molecule is CCCC(=O)NCCc1nnc(-c2cccc(C)c2)o1. The van der Waals surface area contributed by atoms with Crippen LogP contribution in [-0.4, -0.2) is 22.6 Å². The highest BCUT2D eigenvalue weighted by atomic mass is 16.4. The van der Waals surface area contributed by atoms with Gasteiger partial charge in [0.2, 0.25) is 17.7 Å². The van der Waals surface area contributed by atoms with Crippen molar-refractivity contribution in [3.8, 4) is 11.5 Å². The monoisotopic (exact) mass is 273 g/mol. The Morgan fingerprint density at radius 2 is 2.20 bits per heavy atom. The second-order valence-corrected chi connectivity index (χ2v) is 4.72. The third-order valence-electron chi connectivity index (χ3n) is 2.87. The van der Waals surface area contributed by atoms with Crippen LogP contribution in [-0.2, 0) is 11.2 Å². The van der Waals surface area contributed by atoms with Gasteiger partial charge in [-0.3, -0.25) is 4.79 Å². The summed E-state index contributed by atoms with van der Waals surface area (Å²) in [5.41, 5.74) is 2.06. The van der Waals surface area contributed by atoms with E-state index in [1.165, 1.54) is 0 Å². The molecule has 0 aliphatic rings. The molecule has 2 rings (SSSR count). The average molecular weight is 273 g/mol. The summed E-state index contributed by atoms with van der Waals surface area (Å²) in [5, 5.41) is 10.9. The highest BCUT2D eigenvalue weighted by Gasteiger charge is 2.08. The Balaban J connectivity index is 1.91. The van der Waals surface area contributed by atoms with Gasteiger partial charge in [-0.25, -0.2) is 0 Å². The smallest absolute Gasteiger partial charge is 0.247 e. The minimum atomic E-state index is 0.0610. The number of nitrogens with one attached hydrogen (secondary N) is 1. The van der Waals surface area contributed by atoms with E-state index in [1.807, 2.05) is 38.1 Å². The number of carbonyl (C=O) groups is 1. The maximum absolute atomic E-state index is 11.3. The zero-order valence-electron chi connectivity index (χ0n) is 11.8. The first-order valence-corrected chi connectivity index (χ1v) is 6.85. The summed E-state index contributed by atoms with van der Waals surface area (Å²) in [6.07, 6.45) is 1.95. The van der Waals surface area contributed by atoms with Crippen molar-refractivity contribution in [1.29, 1.82) is 0 Å². The number of amides is 1. The molecule has 0 saturated heterocycles. The van der Waals surface area contributed by atoms with Crippen molar-refractivity contribution in [3.05, 3.63) is 35.7 Å². The van der Waals surface area contributed by atoms with Crippen LogP contribution < -0.4 is 5.32 Å². The standard InChI is InChI=1S/C15H19N3O2/c1-3-5-13(19)16-9-8-14-17-18-15(20-14)12-7-4-6-11(2)10-12/h4,6-7,10H,3,5,8-9H2,1-2H3,(H,16,19). The molecule has 0 aliphatic carbocycles. The molecule has 2 aromatic rings. The molecule has 1 aromatic heterocycles. The molecule has 1 aromatic carbocycles. The van der Waals surface area contributed by atoms with Gasteiger partial charge in [-0.15, -0.1) is 10.2 Å². The van der Waals surface area contributed by atoms with E-state index in [1.54, 1.807) is 0 Å². The fourth-order valence-electron chi connectivity index (χ4n) is 1.87. The molecule has 1 N–H and O–H groups in total. The van der Waals surface area contributed by atoms with Crippen LogP contribution in [0.15, 0.2) is 28.7 Å². The predicted octanol–water partition coefficient (Wildman–Crippen LogP) is 2.50. The molecular weight excluding hydrogens is 254 g/mol. The van der Waals surface area contributed by atoms with Crippen molar-refractivity contribution in [3.63, 3.8) is 0 Å². The number of hydrogen-bond acceptors (Lipinski definition) is 4. The molecule has 1 amide bonds. The van der Waals surface area contributed by atoms with Crippen LogP contribution in [0.25, 0.3) is 11.5 Å². The Kier molecular flexibility index (Phi) is 4.87. The summed E-state index contributed by atoms with van der Waals surface area (Å²) < 4.78 is 5.59. The van der Waals surface area contributed by atoms with Gasteiger partial charge in [0.05, 0.1) is 0 Å². The number of aryl methyl sites for hydroxylation is 1. The van der Waals surface area contributed by atoms with Crippen molar-refractivity contribution in [2.45, 2.75) is 33.1 Å². The topological polar surface area (TPSA) is 68.0 Å². The van der Waals surface area contributed by atoms with Gasteiger partial charge in [0.25, 0.3) is 0 Å². The van der Waals surface area contributed by atoms with Crippen LogP contribution in [0.4, 0.5) is 0 Å². The second kappa shape index (κ2) is 6.84. The lowest BCUT2D eigenvalue weighted by molar-refractivity contribution is -0.121. The molecule has 0 radical (unpaired) electrons. The van der Waals surface area contributed by atoms with E-state index in [0.29, 0.717) is 31.2 Å². The van der Waals surface area contributed by atoms with Gasteiger partial charge in [0, 0.05) is 24.9 Å². The van der Waals surface area contributed by atoms with Gasteiger partial charge in [-0.1, -0.05) is 24.6 Å². The molecule has 0 saturated carbocycles. The quantitative estimate of drug-likeness (QED) is 0.878. The van der Waals surface area contributed by atoms with E-state index in [4.69, 9.17) is 4.42 Å². The summed E-state index contributed by atoms with van der Waals surface area (Å²) in [5.74, 6) is 1.12. The molecule has 20 heavy (non-hydrogen) atoms. The number of carbonyl (C=O) groups excluding carboxylic acids is 1. The Morgan fingerprint density at radius 3 is 2.95 bits per heavy atom. The molecule has 5 nitrogen and oxygen atoms in total. The maximum atomic E-state index is 11.3. The van der Waals surface area contributed by atoms with Gasteiger partial charge < -0.3 is 9.73 Å². The second-order valence-electron chi connectivity index (χ2n) is 4.72. The first kappa shape index (κ1) is 14.2. The van der Waals surface area contributed by atoms with Crippen molar-refractivity contribution in [2.24, 2.45) is 0 Å². The Morgan fingerprint density at radius 1 is 1.35 bits per heavy atom. The molecule has 0 fully saturated rings. The molecule has 0 unspecified atom stereocenters. The molecule has 1 heterocycles. The molecule has 0 atom stereocenters. The molecule has 5 heteroatoms. The molecule has 106 valence electrons. The average Bonchev–Trinajstić information content (AvgIpc) is 2.88. The van der Waals surface area contributed by atoms with Crippen LogP contribution in [0.3, 0.4) is 0 Å². The fraction of sp³-hybridized carbons (Fsp3) is 0.400. The summed E-state index contributed by atoms with van der Waals surface area (Å²) >= 11 is 0. The molecule has 0 spiro atoms. The number of aromatic nitrogens is 2. The summed E-state index contributed by atoms with van der Waals surface area (Å²) in [6, 6.07) is 7.91. The Bertz CT molecular complexity index is 578. The third-order valence-corrected chi connectivity index (χ3v) is 2.87. The molecule has 0 bridgehead atoms. The predicted molar refractivity (Wildman–Crippen MR) is 76.1 cm³/mol. The Labute approximate surface area is 118 Å². The van der Waals surface area contributed by atoms with Crippen molar-refractivity contribution < 1.29 is 9.21 Å². The van der Waals surface area contributed by atoms with Gasteiger partial charge in [0.1, 0.15) is 0 Å². The minimum absolute atomic E-state index is 0.0610. The number of benzene rings is 1. The zero-order valence-corrected chi connectivity index (χ0v) is 11.8. The lowest BCUT2D eigenvalue weighted by Gasteiger charge is -2.01. The van der Waals surface area contributed by atoms with Gasteiger partial charge >= 0.3 is 0 Å². The van der Waals surface area contributed by atoms with Crippen molar-refractivity contribution >= 4 is 5.91 Å². The van der Waals surface area contributed by atoms with Crippen LogP contribution in [0.2, 0.25) is 0 Å². The lowest BCUT2D eigenvalue weighted by atomic mass is 10.1. The number of nitrogens with zero attached hydrogens (tertiary/aromatic N) is 2. The maximum Gasteiger partial charge on any atom is 0.247 e. The van der Waals surface area contributed by atoms with Crippen molar-refractivity contribution in [1.82, 2.24) is 15.5 Å². The summed E-state index contributed by atoms with van der Waals surface area (Å²) in [4.78, 5) is 11.3. The fourth-order valence-corrected chi connectivity index (χ4v) is 1.87. The summed E-state index contributed by atoms with van der Waals surface area (Å²) in [6.45, 7) is 4.52. The summed E-state index contributed by atoms with van der Waals surface area (Å²) in [7, 11) is 0. The first-order valence-electron chi connectivity index (χ1n) is 6.85. The number of hydrogen-bond donors (Lipinski definition) is 1. The first-order chi connectivity index (χ1) is 9.69. The van der Waals surface area contributed by atoms with Gasteiger partial charge in [-0.05, 0) is 25.5 Å².